The van der Waals surface area contributed by atoms with Crippen LogP contribution in [-0.2, 0) is 11.3 Å². The molecule has 0 unspecified atom stereocenters. The van der Waals surface area contributed by atoms with Gasteiger partial charge >= 0.3 is 0 Å². The molecule has 0 spiro atoms. The smallest absolute Gasteiger partial charge is 0.248 e. The maximum absolute atomic E-state index is 12.3. The predicted octanol–water partition coefficient (Wildman–Crippen LogP) is 4.93. The van der Waals surface area contributed by atoms with E-state index in [-0.39, 0.29) is 5.91 Å². The monoisotopic (exact) mass is 377 g/mol. The number of para-hydroxylation sites is 1. The van der Waals surface area contributed by atoms with E-state index in [1.807, 2.05) is 36.4 Å². The fourth-order valence-corrected chi connectivity index (χ4v) is 4.29. The van der Waals surface area contributed by atoms with Gasteiger partial charge in [0.15, 0.2) is 0 Å². The first kappa shape index (κ1) is 17.9. The molecule has 1 aliphatic rings. The third-order valence-electron chi connectivity index (χ3n) is 4.74. The normalized spacial score (nSPS) is 15.4. The average Bonchev–Trinajstić information content (AvgIpc) is 3.11. The molecule has 3 aromatic rings. The van der Waals surface area contributed by atoms with E-state index >= 15 is 0 Å². The molecule has 2 aromatic carbocycles. The van der Waals surface area contributed by atoms with Gasteiger partial charge in [0, 0.05) is 18.3 Å². The first-order valence-electron chi connectivity index (χ1n) is 9.42. The summed E-state index contributed by atoms with van der Waals surface area (Å²) < 4.78 is 1.13. The molecule has 0 aliphatic carbocycles. The number of carbonyl (C=O) groups is 1. The number of nitrogens with zero attached hydrogens (tertiary/aromatic N) is 2. The van der Waals surface area contributed by atoms with Crippen molar-refractivity contribution in [1.82, 2.24) is 9.88 Å². The molecule has 5 heteroatoms. The van der Waals surface area contributed by atoms with Crippen LogP contribution >= 0.6 is 11.3 Å². The number of hydrogen-bond donors (Lipinski definition) is 1. The number of carbonyl (C=O) groups excluding carboxylic acids is 1. The lowest BCUT2D eigenvalue weighted by atomic mass is 10.1. The molecule has 4 rings (SSSR count). The summed E-state index contributed by atoms with van der Waals surface area (Å²) in [4.78, 5) is 19.3. The van der Waals surface area contributed by atoms with E-state index in [9.17, 15) is 4.79 Å². The maximum Gasteiger partial charge on any atom is 0.248 e. The second-order valence-electron chi connectivity index (χ2n) is 6.88. The lowest BCUT2D eigenvalue weighted by Gasteiger charge is -2.26. The van der Waals surface area contributed by atoms with E-state index in [4.69, 9.17) is 0 Å². The molecule has 0 bridgehead atoms. The molecule has 1 aliphatic heterocycles. The number of hydrogen-bond acceptors (Lipinski definition) is 4. The van der Waals surface area contributed by atoms with Crippen molar-refractivity contribution in [2.24, 2.45) is 0 Å². The summed E-state index contributed by atoms with van der Waals surface area (Å²) in [5, 5.41) is 3.79. The molecule has 138 valence electrons. The lowest BCUT2D eigenvalue weighted by Crippen LogP contribution is -2.29. The highest BCUT2D eigenvalue weighted by molar-refractivity contribution is 7.19. The van der Waals surface area contributed by atoms with Gasteiger partial charge in [0.1, 0.15) is 5.01 Å². The van der Waals surface area contributed by atoms with Crippen LogP contribution in [0, 0.1) is 0 Å². The van der Waals surface area contributed by atoms with Crippen LogP contribution < -0.4 is 5.32 Å². The minimum Gasteiger partial charge on any atom is -0.323 e. The second kappa shape index (κ2) is 8.46. The van der Waals surface area contributed by atoms with Gasteiger partial charge in [-0.3, -0.25) is 9.69 Å². The van der Waals surface area contributed by atoms with Gasteiger partial charge in [-0.05, 0) is 61.8 Å². The van der Waals surface area contributed by atoms with Gasteiger partial charge in [0.05, 0.1) is 10.2 Å². The van der Waals surface area contributed by atoms with Crippen molar-refractivity contribution in [3.05, 3.63) is 65.2 Å². The number of piperidine rings is 1. The Balaban J connectivity index is 1.37. The largest absolute Gasteiger partial charge is 0.323 e. The van der Waals surface area contributed by atoms with E-state index in [1.54, 1.807) is 23.5 Å². The predicted molar refractivity (Wildman–Crippen MR) is 113 cm³/mol. The van der Waals surface area contributed by atoms with Crippen LogP contribution in [0.2, 0.25) is 0 Å². The standard InChI is InChI=1S/C22H23N3OS/c26-21(11-12-22-24-19-9-2-3-10-20(19)27-22)23-18-8-6-7-17(15-18)16-25-13-4-1-5-14-25/h2-3,6-12,15H,1,4-5,13-14,16H2,(H,23,26)/b12-11+. The van der Waals surface area contributed by atoms with E-state index in [0.717, 1.165) is 27.5 Å². The molecule has 1 N–H and O–H groups in total. The van der Waals surface area contributed by atoms with Gasteiger partial charge < -0.3 is 5.32 Å². The van der Waals surface area contributed by atoms with Crippen molar-refractivity contribution < 1.29 is 4.79 Å². The van der Waals surface area contributed by atoms with Gasteiger partial charge in [-0.1, -0.05) is 30.7 Å². The van der Waals surface area contributed by atoms with Crippen LogP contribution in [0.25, 0.3) is 16.3 Å². The van der Waals surface area contributed by atoms with Crippen LogP contribution in [0.4, 0.5) is 5.69 Å². The number of aromatic nitrogens is 1. The highest BCUT2D eigenvalue weighted by atomic mass is 32.1. The zero-order valence-corrected chi connectivity index (χ0v) is 16.0. The number of thiazole rings is 1. The van der Waals surface area contributed by atoms with Gasteiger partial charge in [0.25, 0.3) is 0 Å². The van der Waals surface area contributed by atoms with Crippen LogP contribution in [0.3, 0.4) is 0 Å². The topological polar surface area (TPSA) is 45.2 Å². The number of amides is 1. The molecule has 0 radical (unpaired) electrons. The Kier molecular flexibility index (Phi) is 5.61. The van der Waals surface area contributed by atoms with Gasteiger partial charge in [-0.15, -0.1) is 11.3 Å². The molecule has 1 saturated heterocycles. The molecule has 1 fully saturated rings. The van der Waals surface area contributed by atoms with Crippen LogP contribution in [0.5, 0.6) is 0 Å². The molecular weight excluding hydrogens is 354 g/mol. The average molecular weight is 378 g/mol. The van der Waals surface area contributed by atoms with E-state index in [1.165, 1.54) is 37.9 Å². The SMILES string of the molecule is O=C(/C=C/c1nc2ccccc2s1)Nc1cccc(CN2CCCCC2)c1. The quantitative estimate of drug-likeness (QED) is 0.641. The van der Waals surface area contributed by atoms with Gasteiger partial charge in [-0.2, -0.15) is 0 Å². The molecule has 0 saturated carbocycles. The first-order valence-corrected chi connectivity index (χ1v) is 10.2. The van der Waals surface area contributed by atoms with Crippen LogP contribution in [0.15, 0.2) is 54.6 Å². The Labute approximate surface area is 163 Å². The Bertz CT molecular complexity index is 924. The Morgan fingerprint density at radius 2 is 1.96 bits per heavy atom. The summed E-state index contributed by atoms with van der Waals surface area (Å²) in [7, 11) is 0. The lowest BCUT2D eigenvalue weighted by molar-refractivity contribution is -0.111. The first-order chi connectivity index (χ1) is 13.3. The van der Waals surface area contributed by atoms with Crippen LogP contribution in [-0.4, -0.2) is 28.9 Å². The Hall–Kier alpha value is -2.50. The summed E-state index contributed by atoms with van der Waals surface area (Å²) >= 11 is 1.58. The highest BCUT2D eigenvalue weighted by Gasteiger charge is 2.10. The Morgan fingerprint density at radius 1 is 1.11 bits per heavy atom. The summed E-state index contributed by atoms with van der Waals surface area (Å²) in [5.41, 5.74) is 3.04. The van der Waals surface area contributed by atoms with Crippen LogP contribution in [0.1, 0.15) is 29.8 Å². The number of likely N-dealkylation sites (tertiary alicyclic amines) is 1. The minimum absolute atomic E-state index is 0.135. The molecule has 4 nitrogen and oxygen atoms in total. The minimum atomic E-state index is -0.135. The maximum atomic E-state index is 12.3. The highest BCUT2D eigenvalue weighted by Crippen LogP contribution is 2.22. The van der Waals surface area contributed by atoms with Gasteiger partial charge in [0.2, 0.25) is 5.91 Å². The fourth-order valence-electron chi connectivity index (χ4n) is 3.42. The molecule has 1 amide bonds. The Morgan fingerprint density at radius 3 is 2.81 bits per heavy atom. The van der Waals surface area contributed by atoms with Crippen molar-refractivity contribution >= 4 is 39.2 Å². The summed E-state index contributed by atoms with van der Waals surface area (Å²) in [6.07, 6.45) is 7.24. The van der Waals surface area contributed by atoms with E-state index in [2.05, 4.69) is 27.3 Å². The number of anilines is 1. The molecule has 2 heterocycles. The molecule has 27 heavy (non-hydrogen) atoms. The summed E-state index contributed by atoms with van der Waals surface area (Å²) in [6, 6.07) is 16.1. The third kappa shape index (κ3) is 4.81. The summed E-state index contributed by atoms with van der Waals surface area (Å²) in [5.74, 6) is -0.135. The third-order valence-corrected chi connectivity index (χ3v) is 5.74. The van der Waals surface area contributed by atoms with Crippen molar-refractivity contribution in [2.75, 3.05) is 18.4 Å². The zero-order chi connectivity index (χ0) is 18.5. The fraction of sp³-hybridized carbons (Fsp3) is 0.273. The number of fused-ring (bicyclic) bond motifs is 1. The molecule has 1 aromatic heterocycles. The molecular formula is C22H23N3OS. The number of rotatable bonds is 5. The zero-order valence-electron chi connectivity index (χ0n) is 15.2. The van der Waals surface area contributed by atoms with Gasteiger partial charge in [-0.25, -0.2) is 4.98 Å². The van der Waals surface area contributed by atoms with Crippen molar-refractivity contribution in [3.8, 4) is 0 Å². The number of nitrogens with one attached hydrogen (secondary N) is 1. The summed E-state index contributed by atoms with van der Waals surface area (Å²) in [6.45, 7) is 3.29. The van der Waals surface area contributed by atoms with E-state index in [0.29, 0.717) is 0 Å². The van der Waals surface area contributed by atoms with Crippen molar-refractivity contribution in [3.63, 3.8) is 0 Å². The molecule has 0 atom stereocenters. The van der Waals surface area contributed by atoms with Crippen molar-refractivity contribution in [2.45, 2.75) is 25.8 Å². The van der Waals surface area contributed by atoms with Crippen molar-refractivity contribution in [1.29, 1.82) is 0 Å². The van der Waals surface area contributed by atoms with E-state index < -0.39 is 0 Å². The second-order valence-corrected chi connectivity index (χ2v) is 7.94. The number of benzene rings is 2.